The van der Waals surface area contributed by atoms with Crippen LogP contribution in [-0.4, -0.2) is 21.7 Å². The minimum absolute atomic E-state index is 0.0314. The molecule has 0 saturated heterocycles. The molecule has 5 nitrogen and oxygen atoms in total. The molecule has 3 rings (SSSR count). The SMILES string of the molecule is CC(=O)c1csc(C(=O)N[C@H](c2nccc(C)n2)C2CC2)c1. The summed E-state index contributed by atoms with van der Waals surface area (Å²) in [6.45, 7) is 3.41. The molecule has 0 spiro atoms. The number of carbonyl (C=O) groups excluding carboxylic acids is 2. The molecular formula is C16H17N3O2S. The van der Waals surface area contributed by atoms with E-state index < -0.39 is 0 Å². The van der Waals surface area contributed by atoms with E-state index in [1.807, 2.05) is 13.0 Å². The van der Waals surface area contributed by atoms with Gasteiger partial charge in [0, 0.05) is 22.8 Å². The molecule has 114 valence electrons. The van der Waals surface area contributed by atoms with Crippen LogP contribution in [0.15, 0.2) is 23.7 Å². The molecule has 1 fully saturated rings. The summed E-state index contributed by atoms with van der Waals surface area (Å²) in [7, 11) is 0. The number of nitrogens with zero attached hydrogens (tertiary/aromatic N) is 2. The number of rotatable bonds is 5. The Balaban J connectivity index is 1.78. The second kappa shape index (κ2) is 5.96. The summed E-state index contributed by atoms with van der Waals surface area (Å²) in [6, 6.07) is 3.33. The minimum Gasteiger partial charge on any atom is -0.341 e. The van der Waals surface area contributed by atoms with Gasteiger partial charge in [-0.3, -0.25) is 9.59 Å². The van der Waals surface area contributed by atoms with E-state index in [4.69, 9.17) is 0 Å². The number of nitrogens with one attached hydrogen (secondary N) is 1. The Morgan fingerprint density at radius 1 is 1.41 bits per heavy atom. The third kappa shape index (κ3) is 3.22. The average molecular weight is 315 g/mol. The number of ketones is 1. The summed E-state index contributed by atoms with van der Waals surface area (Å²) in [5.74, 6) is 0.868. The van der Waals surface area contributed by atoms with Crippen LogP contribution in [0.2, 0.25) is 0 Å². The Labute approximate surface area is 132 Å². The number of amides is 1. The molecule has 22 heavy (non-hydrogen) atoms. The molecule has 2 aromatic rings. The van der Waals surface area contributed by atoms with Crippen molar-refractivity contribution in [3.63, 3.8) is 0 Å². The third-order valence-electron chi connectivity index (χ3n) is 3.70. The van der Waals surface area contributed by atoms with Crippen LogP contribution in [0.3, 0.4) is 0 Å². The van der Waals surface area contributed by atoms with Gasteiger partial charge in [-0.15, -0.1) is 11.3 Å². The summed E-state index contributed by atoms with van der Waals surface area (Å²) in [5.41, 5.74) is 1.46. The molecule has 1 amide bonds. The Morgan fingerprint density at radius 2 is 2.18 bits per heavy atom. The summed E-state index contributed by atoms with van der Waals surface area (Å²) in [4.78, 5) is 33.0. The molecule has 1 atom stereocenters. The Morgan fingerprint density at radius 3 is 2.77 bits per heavy atom. The first-order chi connectivity index (χ1) is 10.5. The van der Waals surface area contributed by atoms with Crippen molar-refractivity contribution in [2.24, 2.45) is 5.92 Å². The molecule has 2 heterocycles. The third-order valence-corrected chi connectivity index (χ3v) is 4.63. The number of Topliss-reactive ketones (excluding diaryl/α,β-unsaturated/α-hetero) is 1. The van der Waals surface area contributed by atoms with E-state index >= 15 is 0 Å². The maximum absolute atomic E-state index is 12.4. The fourth-order valence-electron chi connectivity index (χ4n) is 2.29. The van der Waals surface area contributed by atoms with Gasteiger partial charge in [0.25, 0.3) is 5.91 Å². The highest BCUT2D eigenvalue weighted by Crippen LogP contribution is 2.40. The maximum Gasteiger partial charge on any atom is 0.261 e. The lowest BCUT2D eigenvalue weighted by atomic mass is 10.1. The van der Waals surface area contributed by atoms with E-state index in [1.54, 1.807) is 17.6 Å². The van der Waals surface area contributed by atoms with Crippen molar-refractivity contribution in [1.29, 1.82) is 0 Å². The zero-order chi connectivity index (χ0) is 15.7. The normalized spacial score (nSPS) is 15.4. The molecule has 2 aromatic heterocycles. The fourth-order valence-corrected chi connectivity index (χ4v) is 3.14. The molecule has 0 bridgehead atoms. The van der Waals surface area contributed by atoms with Crippen molar-refractivity contribution in [3.05, 3.63) is 45.7 Å². The molecular weight excluding hydrogens is 298 g/mol. The highest BCUT2D eigenvalue weighted by molar-refractivity contribution is 7.12. The molecule has 1 aliphatic rings. The second-order valence-electron chi connectivity index (χ2n) is 5.60. The fraction of sp³-hybridized carbons (Fsp3) is 0.375. The topological polar surface area (TPSA) is 72.0 Å². The Bertz CT molecular complexity index is 722. The van der Waals surface area contributed by atoms with Crippen molar-refractivity contribution in [2.45, 2.75) is 32.7 Å². The van der Waals surface area contributed by atoms with Gasteiger partial charge in [-0.25, -0.2) is 9.97 Å². The number of aryl methyl sites for hydroxylation is 1. The standard InChI is InChI=1S/C16H17N3O2S/c1-9-5-6-17-15(18-9)14(11-3-4-11)19-16(21)13-7-12(8-22-13)10(2)20/h5-8,11,14H,3-4H2,1-2H3,(H,19,21)/t14-/m0/s1. The summed E-state index contributed by atoms with van der Waals surface area (Å²) < 4.78 is 0. The van der Waals surface area contributed by atoms with Gasteiger partial charge in [0.05, 0.1) is 10.9 Å². The van der Waals surface area contributed by atoms with Crippen LogP contribution in [-0.2, 0) is 0 Å². The van der Waals surface area contributed by atoms with Crippen LogP contribution < -0.4 is 5.32 Å². The van der Waals surface area contributed by atoms with Gasteiger partial charge in [-0.2, -0.15) is 0 Å². The smallest absolute Gasteiger partial charge is 0.261 e. The number of carbonyl (C=O) groups is 2. The van der Waals surface area contributed by atoms with E-state index in [0.717, 1.165) is 18.5 Å². The number of aromatic nitrogens is 2. The van der Waals surface area contributed by atoms with Gasteiger partial charge in [0.15, 0.2) is 11.6 Å². The molecule has 1 aliphatic carbocycles. The lowest BCUT2D eigenvalue weighted by Gasteiger charge is -2.16. The van der Waals surface area contributed by atoms with E-state index in [2.05, 4.69) is 15.3 Å². The lowest BCUT2D eigenvalue weighted by molar-refractivity contribution is 0.0933. The van der Waals surface area contributed by atoms with Crippen molar-refractivity contribution < 1.29 is 9.59 Å². The van der Waals surface area contributed by atoms with Crippen molar-refractivity contribution in [3.8, 4) is 0 Å². The Kier molecular flexibility index (Phi) is 4.02. The number of hydrogen-bond donors (Lipinski definition) is 1. The van der Waals surface area contributed by atoms with Crippen LogP contribution in [0, 0.1) is 12.8 Å². The van der Waals surface area contributed by atoms with Crippen molar-refractivity contribution in [1.82, 2.24) is 15.3 Å². The quantitative estimate of drug-likeness (QED) is 0.861. The lowest BCUT2D eigenvalue weighted by Crippen LogP contribution is -2.30. The zero-order valence-corrected chi connectivity index (χ0v) is 13.3. The van der Waals surface area contributed by atoms with Gasteiger partial charge in [0.1, 0.15) is 0 Å². The minimum atomic E-state index is -0.167. The van der Waals surface area contributed by atoms with Crippen LogP contribution in [0.4, 0.5) is 0 Å². The van der Waals surface area contributed by atoms with E-state index in [0.29, 0.717) is 22.2 Å². The predicted molar refractivity (Wildman–Crippen MR) is 84.0 cm³/mol. The maximum atomic E-state index is 12.4. The molecule has 1 saturated carbocycles. The number of thiophene rings is 1. The van der Waals surface area contributed by atoms with Gasteiger partial charge in [-0.1, -0.05) is 0 Å². The monoisotopic (exact) mass is 315 g/mol. The molecule has 0 aliphatic heterocycles. The zero-order valence-electron chi connectivity index (χ0n) is 12.5. The van der Waals surface area contributed by atoms with Crippen molar-refractivity contribution in [2.75, 3.05) is 0 Å². The van der Waals surface area contributed by atoms with Gasteiger partial charge in [0.2, 0.25) is 0 Å². The molecule has 0 unspecified atom stereocenters. The van der Waals surface area contributed by atoms with Crippen LogP contribution in [0.1, 0.15) is 57.4 Å². The summed E-state index contributed by atoms with van der Waals surface area (Å²) in [6.07, 6.45) is 3.87. The van der Waals surface area contributed by atoms with E-state index in [9.17, 15) is 9.59 Å². The Hall–Kier alpha value is -2.08. The first-order valence-corrected chi connectivity index (χ1v) is 8.12. The second-order valence-corrected chi connectivity index (χ2v) is 6.51. The van der Waals surface area contributed by atoms with E-state index in [-0.39, 0.29) is 17.7 Å². The highest BCUT2D eigenvalue weighted by atomic mass is 32.1. The van der Waals surface area contributed by atoms with Crippen LogP contribution in [0.5, 0.6) is 0 Å². The summed E-state index contributed by atoms with van der Waals surface area (Å²) >= 11 is 1.28. The molecule has 0 aromatic carbocycles. The van der Waals surface area contributed by atoms with Gasteiger partial charge < -0.3 is 5.32 Å². The van der Waals surface area contributed by atoms with E-state index in [1.165, 1.54) is 18.3 Å². The largest absolute Gasteiger partial charge is 0.341 e. The molecule has 1 N–H and O–H groups in total. The predicted octanol–water partition coefficient (Wildman–Crippen LogP) is 2.93. The van der Waals surface area contributed by atoms with Gasteiger partial charge in [-0.05, 0) is 44.7 Å². The molecule has 6 heteroatoms. The van der Waals surface area contributed by atoms with Crippen LogP contribution >= 0.6 is 11.3 Å². The van der Waals surface area contributed by atoms with Crippen molar-refractivity contribution >= 4 is 23.0 Å². The highest BCUT2D eigenvalue weighted by Gasteiger charge is 2.35. The first-order valence-electron chi connectivity index (χ1n) is 7.24. The van der Waals surface area contributed by atoms with Gasteiger partial charge >= 0.3 is 0 Å². The molecule has 0 radical (unpaired) electrons. The van der Waals surface area contributed by atoms with Crippen LogP contribution in [0.25, 0.3) is 0 Å². The average Bonchev–Trinajstić information content (AvgIpc) is 3.19. The first kappa shape index (κ1) is 14.8. The summed E-state index contributed by atoms with van der Waals surface area (Å²) in [5, 5.41) is 4.74. The number of hydrogen-bond acceptors (Lipinski definition) is 5.